The second-order valence-electron chi connectivity index (χ2n) is 5.24. The number of carbonyl (C=O) groups excluding carboxylic acids is 1. The molecule has 2 N–H and O–H groups in total. The van der Waals surface area contributed by atoms with Gasteiger partial charge in [-0.25, -0.2) is 0 Å². The number of halogens is 1. The summed E-state index contributed by atoms with van der Waals surface area (Å²) >= 11 is 1.76. The average Bonchev–Trinajstić information content (AvgIpc) is 2.97. The van der Waals surface area contributed by atoms with E-state index in [1.165, 1.54) is 24.0 Å². The van der Waals surface area contributed by atoms with Crippen LogP contribution in [0.5, 0.6) is 0 Å². The van der Waals surface area contributed by atoms with Gasteiger partial charge in [0.2, 0.25) is 5.91 Å². The molecule has 0 saturated carbocycles. The first-order valence-corrected chi connectivity index (χ1v) is 8.10. The molecule has 2 atom stereocenters. The van der Waals surface area contributed by atoms with E-state index in [0.29, 0.717) is 6.04 Å². The Morgan fingerprint density at radius 3 is 3.05 bits per heavy atom. The summed E-state index contributed by atoms with van der Waals surface area (Å²) in [6.45, 7) is 1.85. The van der Waals surface area contributed by atoms with Crippen LogP contribution in [0.15, 0.2) is 24.3 Å². The normalized spacial score (nSPS) is 24.6. The van der Waals surface area contributed by atoms with Crippen LogP contribution in [0.4, 0.5) is 0 Å². The van der Waals surface area contributed by atoms with Crippen molar-refractivity contribution in [3.63, 3.8) is 0 Å². The van der Waals surface area contributed by atoms with Crippen LogP contribution in [0.1, 0.15) is 29.2 Å². The Labute approximate surface area is 130 Å². The van der Waals surface area contributed by atoms with E-state index < -0.39 is 0 Å². The molecular weight excluding hydrogens is 292 g/mol. The Kier molecular flexibility index (Phi) is 5.75. The van der Waals surface area contributed by atoms with E-state index >= 15 is 0 Å². The molecule has 1 fully saturated rings. The minimum atomic E-state index is -0.0219. The third kappa shape index (κ3) is 3.48. The fraction of sp³-hybridized carbons (Fsp3) is 0.533. The topological polar surface area (TPSA) is 41.1 Å². The highest BCUT2D eigenvalue weighted by Crippen LogP contribution is 2.36. The maximum atomic E-state index is 12.4. The van der Waals surface area contributed by atoms with E-state index in [9.17, 15) is 4.79 Å². The minimum Gasteiger partial charge on any atom is -0.353 e. The fourth-order valence-corrected chi connectivity index (χ4v) is 4.08. The molecule has 20 heavy (non-hydrogen) atoms. The number of amides is 1. The zero-order valence-corrected chi connectivity index (χ0v) is 13.1. The predicted octanol–water partition coefficient (Wildman–Crippen LogP) is 2.31. The van der Waals surface area contributed by atoms with Crippen molar-refractivity contribution in [2.45, 2.75) is 30.6 Å². The second kappa shape index (κ2) is 7.34. The summed E-state index contributed by atoms with van der Waals surface area (Å²) in [5.74, 6) is 1.21. The van der Waals surface area contributed by atoms with Gasteiger partial charge >= 0.3 is 0 Å². The van der Waals surface area contributed by atoms with E-state index in [1.807, 2.05) is 6.07 Å². The van der Waals surface area contributed by atoms with Crippen LogP contribution in [0.3, 0.4) is 0 Å². The summed E-state index contributed by atoms with van der Waals surface area (Å²) in [6, 6.07) is 8.80. The smallest absolute Gasteiger partial charge is 0.237 e. The first-order chi connectivity index (χ1) is 9.34. The van der Waals surface area contributed by atoms with Gasteiger partial charge < -0.3 is 10.6 Å². The first-order valence-electron chi connectivity index (χ1n) is 7.05. The maximum absolute atomic E-state index is 12.4. The number of carbonyl (C=O) groups is 1. The zero-order chi connectivity index (χ0) is 13.1. The van der Waals surface area contributed by atoms with Crippen molar-refractivity contribution < 1.29 is 4.79 Å². The number of benzene rings is 1. The van der Waals surface area contributed by atoms with Gasteiger partial charge in [-0.2, -0.15) is 0 Å². The molecule has 5 heteroatoms. The Bertz CT molecular complexity index is 463. The van der Waals surface area contributed by atoms with Gasteiger partial charge in [0.1, 0.15) is 5.25 Å². The Hall–Kier alpha value is -0.710. The van der Waals surface area contributed by atoms with Gasteiger partial charge in [0.15, 0.2) is 0 Å². The highest BCUT2D eigenvalue weighted by molar-refractivity contribution is 8.00. The number of aryl methyl sites for hydroxylation is 1. The third-order valence-electron chi connectivity index (χ3n) is 3.92. The lowest BCUT2D eigenvalue weighted by Crippen LogP contribution is -2.39. The van der Waals surface area contributed by atoms with E-state index in [-0.39, 0.29) is 23.6 Å². The molecule has 0 radical (unpaired) electrons. The van der Waals surface area contributed by atoms with Crippen molar-refractivity contribution in [2.24, 2.45) is 0 Å². The molecule has 0 aromatic heterocycles. The molecule has 3 rings (SSSR count). The van der Waals surface area contributed by atoms with Crippen molar-refractivity contribution in [3.8, 4) is 0 Å². The van der Waals surface area contributed by atoms with Crippen molar-refractivity contribution in [2.75, 3.05) is 18.8 Å². The van der Waals surface area contributed by atoms with Gasteiger partial charge in [0, 0.05) is 12.6 Å². The molecule has 2 aliphatic heterocycles. The Morgan fingerprint density at radius 1 is 1.40 bits per heavy atom. The number of hydrogen-bond donors (Lipinski definition) is 2. The van der Waals surface area contributed by atoms with Crippen molar-refractivity contribution in [1.82, 2.24) is 10.6 Å². The SMILES string of the molecule is Cl.O=C(NCC1CCCN1)C1SCCc2ccccc21. The summed E-state index contributed by atoms with van der Waals surface area (Å²) in [7, 11) is 0. The molecule has 2 heterocycles. The number of hydrogen-bond acceptors (Lipinski definition) is 3. The standard InChI is InChI=1S/C15H20N2OS.ClH/c18-15(17-10-12-5-3-8-16-12)14-13-6-2-1-4-11(13)7-9-19-14;/h1-2,4,6,12,14,16H,3,5,7-10H2,(H,17,18);1H. The summed E-state index contributed by atoms with van der Waals surface area (Å²) in [5, 5.41) is 6.50. The van der Waals surface area contributed by atoms with Crippen LogP contribution >= 0.6 is 24.2 Å². The number of fused-ring (bicyclic) bond motifs is 1. The zero-order valence-electron chi connectivity index (χ0n) is 11.4. The lowest BCUT2D eigenvalue weighted by Gasteiger charge is -2.24. The molecule has 0 bridgehead atoms. The van der Waals surface area contributed by atoms with Crippen molar-refractivity contribution in [1.29, 1.82) is 0 Å². The van der Waals surface area contributed by atoms with Gasteiger partial charge in [-0.3, -0.25) is 4.79 Å². The molecule has 1 aromatic carbocycles. The molecule has 1 aromatic rings. The lowest BCUT2D eigenvalue weighted by atomic mass is 10.0. The number of rotatable bonds is 3. The van der Waals surface area contributed by atoms with Crippen molar-refractivity contribution in [3.05, 3.63) is 35.4 Å². The van der Waals surface area contributed by atoms with Crippen LogP contribution in [0.25, 0.3) is 0 Å². The van der Waals surface area contributed by atoms with E-state index in [4.69, 9.17) is 0 Å². The van der Waals surface area contributed by atoms with Gasteiger partial charge in [0.25, 0.3) is 0 Å². The predicted molar refractivity (Wildman–Crippen MR) is 86.6 cm³/mol. The van der Waals surface area contributed by atoms with Gasteiger partial charge in [-0.1, -0.05) is 24.3 Å². The first kappa shape index (κ1) is 15.7. The molecule has 2 aliphatic rings. The molecule has 2 unspecified atom stereocenters. The molecule has 1 amide bonds. The van der Waals surface area contributed by atoms with Crippen LogP contribution in [0, 0.1) is 0 Å². The quantitative estimate of drug-likeness (QED) is 0.900. The summed E-state index contributed by atoms with van der Waals surface area (Å²) in [5.41, 5.74) is 2.54. The van der Waals surface area contributed by atoms with Crippen LogP contribution in [-0.4, -0.2) is 30.8 Å². The Morgan fingerprint density at radius 2 is 2.25 bits per heavy atom. The largest absolute Gasteiger partial charge is 0.353 e. The van der Waals surface area contributed by atoms with Gasteiger partial charge in [0.05, 0.1) is 0 Å². The lowest BCUT2D eigenvalue weighted by molar-refractivity contribution is -0.120. The number of thioether (sulfide) groups is 1. The summed E-state index contributed by atoms with van der Waals surface area (Å²) in [6.07, 6.45) is 3.48. The van der Waals surface area contributed by atoms with Gasteiger partial charge in [-0.05, 0) is 42.7 Å². The molecular formula is C15H21ClN2OS. The van der Waals surface area contributed by atoms with E-state index in [1.54, 1.807) is 11.8 Å². The molecule has 0 spiro atoms. The van der Waals surface area contributed by atoms with E-state index in [2.05, 4.69) is 28.8 Å². The van der Waals surface area contributed by atoms with Crippen LogP contribution in [-0.2, 0) is 11.2 Å². The molecule has 0 aliphatic carbocycles. The summed E-state index contributed by atoms with van der Waals surface area (Å²) < 4.78 is 0. The second-order valence-corrected chi connectivity index (χ2v) is 6.45. The highest BCUT2D eigenvalue weighted by Gasteiger charge is 2.27. The van der Waals surface area contributed by atoms with Gasteiger partial charge in [-0.15, -0.1) is 24.2 Å². The maximum Gasteiger partial charge on any atom is 0.237 e. The number of nitrogens with one attached hydrogen (secondary N) is 2. The molecule has 3 nitrogen and oxygen atoms in total. The van der Waals surface area contributed by atoms with Crippen LogP contribution < -0.4 is 10.6 Å². The average molecular weight is 313 g/mol. The highest BCUT2D eigenvalue weighted by atomic mass is 35.5. The molecule has 110 valence electrons. The van der Waals surface area contributed by atoms with E-state index in [0.717, 1.165) is 25.3 Å². The summed E-state index contributed by atoms with van der Waals surface area (Å²) in [4.78, 5) is 12.4. The van der Waals surface area contributed by atoms with Crippen molar-refractivity contribution >= 4 is 30.1 Å². The monoisotopic (exact) mass is 312 g/mol. The van der Waals surface area contributed by atoms with Crippen LogP contribution in [0.2, 0.25) is 0 Å². The fourth-order valence-electron chi connectivity index (χ4n) is 2.86. The minimum absolute atomic E-state index is 0. The Balaban J connectivity index is 0.00000147. The molecule has 1 saturated heterocycles. The third-order valence-corrected chi connectivity index (χ3v) is 5.16.